The van der Waals surface area contributed by atoms with Gasteiger partial charge in [0.05, 0.1) is 6.54 Å². The van der Waals surface area contributed by atoms with E-state index in [2.05, 4.69) is 63.8 Å². The molecule has 1 unspecified atom stereocenters. The Hall–Kier alpha value is -2.90. The summed E-state index contributed by atoms with van der Waals surface area (Å²) in [5.74, 6) is 3.40. The average Bonchev–Trinajstić information content (AvgIpc) is 3.37. The molecule has 0 radical (unpaired) electrons. The molecule has 4 rings (SSSR count). The van der Waals surface area contributed by atoms with E-state index in [1.807, 2.05) is 9.58 Å². The van der Waals surface area contributed by atoms with Crippen LogP contribution in [0.4, 0.5) is 0 Å². The van der Waals surface area contributed by atoms with Crippen molar-refractivity contribution < 1.29 is 4.79 Å². The van der Waals surface area contributed by atoms with Gasteiger partial charge in [0.25, 0.3) is 0 Å². The zero-order chi connectivity index (χ0) is 21.8. The third-order valence-electron chi connectivity index (χ3n) is 5.95. The lowest BCUT2D eigenvalue weighted by atomic mass is 10.1. The minimum atomic E-state index is 0.261. The fourth-order valence-electron chi connectivity index (χ4n) is 4.19. The van der Waals surface area contributed by atoms with Crippen molar-refractivity contribution in [3.05, 3.63) is 47.0 Å². The summed E-state index contributed by atoms with van der Waals surface area (Å²) in [5, 5.41) is 11.6. The SMILES string of the molecule is CN=C(NCc1cccc(CN2CCCC2=O)c1)NC1CCc2nc(C(C)C)nn2C1. The van der Waals surface area contributed by atoms with Crippen LogP contribution in [0.25, 0.3) is 0 Å². The Bertz CT molecular complexity index is 949. The number of hydrogen-bond donors (Lipinski definition) is 2. The Morgan fingerprint density at radius 2 is 2.13 bits per heavy atom. The molecule has 1 fully saturated rings. The van der Waals surface area contributed by atoms with Gasteiger partial charge in [0.15, 0.2) is 11.8 Å². The van der Waals surface area contributed by atoms with Crippen molar-refractivity contribution >= 4 is 11.9 Å². The summed E-state index contributed by atoms with van der Waals surface area (Å²) in [4.78, 5) is 22.9. The fraction of sp³-hybridized carbons (Fsp3) is 0.565. The Morgan fingerprint density at radius 3 is 2.87 bits per heavy atom. The van der Waals surface area contributed by atoms with Gasteiger partial charge in [-0.05, 0) is 24.0 Å². The van der Waals surface area contributed by atoms with Gasteiger partial charge in [-0.2, -0.15) is 5.10 Å². The van der Waals surface area contributed by atoms with E-state index in [4.69, 9.17) is 0 Å². The molecule has 1 saturated heterocycles. The van der Waals surface area contributed by atoms with Crippen molar-refractivity contribution in [2.24, 2.45) is 4.99 Å². The van der Waals surface area contributed by atoms with Gasteiger partial charge in [-0.15, -0.1) is 0 Å². The van der Waals surface area contributed by atoms with Gasteiger partial charge in [-0.25, -0.2) is 9.67 Å². The molecule has 2 aliphatic heterocycles. The van der Waals surface area contributed by atoms with E-state index in [0.29, 0.717) is 25.4 Å². The van der Waals surface area contributed by atoms with Crippen molar-refractivity contribution in [3.63, 3.8) is 0 Å². The van der Waals surface area contributed by atoms with E-state index in [1.165, 1.54) is 11.1 Å². The van der Waals surface area contributed by atoms with Gasteiger partial charge in [-0.1, -0.05) is 38.1 Å². The van der Waals surface area contributed by atoms with E-state index in [1.54, 1.807) is 7.05 Å². The molecule has 1 aromatic heterocycles. The topological polar surface area (TPSA) is 87.4 Å². The lowest BCUT2D eigenvalue weighted by Gasteiger charge is -2.25. The van der Waals surface area contributed by atoms with Gasteiger partial charge in [0.1, 0.15) is 5.82 Å². The van der Waals surface area contributed by atoms with Crippen LogP contribution in [0.15, 0.2) is 29.3 Å². The Balaban J connectivity index is 1.31. The van der Waals surface area contributed by atoms with Crippen LogP contribution in [0.3, 0.4) is 0 Å². The molecule has 0 aliphatic carbocycles. The molecule has 2 aromatic rings. The third kappa shape index (κ3) is 5.24. The second kappa shape index (κ2) is 9.49. The van der Waals surface area contributed by atoms with Crippen LogP contribution in [0, 0.1) is 0 Å². The highest BCUT2D eigenvalue weighted by Gasteiger charge is 2.23. The largest absolute Gasteiger partial charge is 0.352 e. The number of rotatable bonds is 6. The van der Waals surface area contributed by atoms with Crippen LogP contribution < -0.4 is 10.6 Å². The van der Waals surface area contributed by atoms with Gasteiger partial charge in [0, 0.05) is 51.5 Å². The molecule has 8 heteroatoms. The zero-order valence-electron chi connectivity index (χ0n) is 18.8. The first-order chi connectivity index (χ1) is 15.0. The average molecular weight is 424 g/mol. The number of amides is 1. The maximum absolute atomic E-state index is 11.9. The molecule has 2 N–H and O–H groups in total. The molecule has 166 valence electrons. The summed E-state index contributed by atoms with van der Waals surface area (Å²) in [5.41, 5.74) is 2.35. The highest BCUT2D eigenvalue weighted by Crippen LogP contribution is 2.17. The monoisotopic (exact) mass is 423 g/mol. The van der Waals surface area contributed by atoms with E-state index < -0.39 is 0 Å². The molecule has 8 nitrogen and oxygen atoms in total. The smallest absolute Gasteiger partial charge is 0.222 e. The molecule has 0 saturated carbocycles. The van der Waals surface area contributed by atoms with Gasteiger partial charge in [-0.3, -0.25) is 9.79 Å². The molecule has 0 spiro atoms. The predicted molar refractivity (Wildman–Crippen MR) is 121 cm³/mol. The predicted octanol–water partition coefficient (Wildman–Crippen LogP) is 2.20. The molecule has 1 aromatic carbocycles. The molecular weight excluding hydrogens is 390 g/mol. The number of nitrogens with one attached hydrogen (secondary N) is 2. The maximum atomic E-state index is 11.9. The number of hydrogen-bond acceptors (Lipinski definition) is 4. The summed E-state index contributed by atoms with van der Waals surface area (Å²) >= 11 is 0. The lowest BCUT2D eigenvalue weighted by Crippen LogP contribution is -2.46. The maximum Gasteiger partial charge on any atom is 0.222 e. The van der Waals surface area contributed by atoms with Crippen LogP contribution in [0.5, 0.6) is 0 Å². The zero-order valence-corrected chi connectivity index (χ0v) is 18.8. The number of fused-ring (bicyclic) bond motifs is 1. The van der Waals surface area contributed by atoms with Crippen LogP contribution >= 0.6 is 0 Å². The van der Waals surface area contributed by atoms with Crippen molar-refractivity contribution in [2.75, 3.05) is 13.6 Å². The van der Waals surface area contributed by atoms with E-state index in [0.717, 1.165) is 50.0 Å². The molecular formula is C23H33N7O. The highest BCUT2D eigenvalue weighted by molar-refractivity contribution is 5.80. The number of nitrogens with zero attached hydrogens (tertiary/aromatic N) is 5. The third-order valence-corrected chi connectivity index (χ3v) is 5.95. The fourth-order valence-corrected chi connectivity index (χ4v) is 4.19. The van der Waals surface area contributed by atoms with Gasteiger partial charge in [0.2, 0.25) is 5.91 Å². The summed E-state index contributed by atoms with van der Waals surface area (Å²) in [6.45, 7) is 7.29. The highest BCUT2D eigenvalue weighted by atomic mass is 16.2. The van der Waals surface area contributed by atoms with Crippen molar-refractivity contribution in [3.8, 4) is 0 Å². The second-order valence-electron chi connectivity index (χ2n) is 8.77. The van der Waals surface area contributed by atoms with E-state index in [9.17, 15) is 4.79 Å². The van der Waals surface area contributed by atoms with Crippen LogP contribution in [0.1, 0.15) is 61.8 Å². The lowest BCUT2D eigenvalue weighted by molar-refractivity contribution is -0.128. The summed E-state index contributed by atoms with van der Waals surface area (Å²) in [6.07, 6.45) is 3.58. The van der Waals surface area contributed by atoms with E-state index in [-0.39, 0.29) is 11.9 Å². The van der Waals surface area contributed by atoms with Crippen molar-refractivity contribution in [1.29, 1.82) is 0 Å². The number of aliphatic imine (C=N–C) groups is 1. The summed E-state index contributed by atoms with van der Waals surface area (Å²) in [6, 6.07) is 8.69. The molecule has 2 aliphatic rings. The van der Waals surface area contributed by atoms with Crippen LogP contribution in [0.2, 0.25) is 0 Å². The molecule has 3 heterocycles. The number of carbonyl (C=O) groups excluding carboxylic acids is 1. The first-order valence-corrected chi connectivity index (χ1v) is 11.3. The second-order valence-corrected chi connectivity index (χ2v) is 8.77. The molecule has 0 bridgehead atoms. The first kappa shape index (κ1) is 21.3. The minimum Gasteiger partial charge on any atom is -0.352 e. The number of aryl methyl sites for hydroxylation is 1. The number of guanidine groups is 1. The molecule has 31 heavy (non-hydrogen) atoms. The number of benzene rings is 1. The number of likely N-dealkylation sites (tertiary alicyclic amines) is 1. The normalized spacial score (nSPS) is 19.1. The Labute approximate surface area is 184 Å². The molecule has 1 atom stereocenters. The number of aromatic nitrogens is 3. The van der Waals surface area contributed by atoms with Crippen LogP contribution in [-0.4, -0.2) is 51.2 Å². The van der Waals surface area contributed by atoms with Crippen LogP contribution in [-0.2, 0) is 30.8 Å². The quantitative estimate of drug-likeness (QED) is 0.549. The Kier molecular flexibility index (Phi) is 6.53. The van der Waals surface area contributed by atoms with E-state index >= 15 is 0 Å². The standard InChI is InChI=1S/C23H33N7O/c1-16(2)22-27-20-10-9-19(15-30(20)28-22)26-23(24-3)25-13-17-6-4-7-18(12-17)14-29-11-5-8-21(29)31/h4,6-7,12,16,19H,5,8-11,13-15H2,1-3H3,(H2,24,25,26). The summed E-state index contributed by atoms with van der Waals surface area (Å²) < 4.78 is 2.03. The first-order valence-electron chi connectivity index (χ1n) is 11.3. The molecule has 1 amide bonds. The van der Waals surface area contributed by atoms with Gasteiger partial charge < -0.3 is 15.5 Å². The minimum absolute atomic E-state index is 0.261. The summed E-state index contributed by atoms with van der Waals surface area (Å²) in [7, 11) is 1.80. The van der Waals surface area contributed by atoms with Crippen molar-refractivity contribution in [2.45, 2.75) is 71.1 Å². The number of carbonyl (C=O) groups is 1. The van der Waals surface area contributed by atoms with Gasteiger partial charge >= 0.3 is 0 Å². The Morgan fingerprint density at radius 1 is 1.29 bits per heavy atom. The van der Waals surface area contributed by atoms with Crippen molar-refractivity contribution in [1.82, 2.24) is 30.3 Å².